The van der Waals surface area contributed by atoms with Crippen molar-refractivity contribution >= 4 is 51.5 Å². The van der Waals surface area contributed by atoms with Gasteiger partial charge in [-0.15, -0.1) is 17.5 Å². The van der Waals surface area contributed by atoms with Crippen LogP contribution in [0, 0.1) is 0 Å². The van der Waals surface area contributed by atoms with Gasteiger partial charge < -0.3 is 5.32 Å². The molecule has 1 amide bonds. The van der Waals surface area contributed by atoms with E-state index in [0.717, 1.165) is 0 Å². The number of sulfonamides is 1. The summed E-state index contributed by atoms with van der Waals surface area (Å²) in [5.74, 6) is -3.25. The summed E-state index contributed by atoms with van der Waals surface area (Å²) >= 11 is 12.3. The molecule has 15 heteroatoms. The topological polar surface area (TPSA) is 100 Å². The first-order chi connectivity index (χ1) is 16.4. The van der Waals surface area contributed by atoms with E-state index < -0.39 is 27.4 Å². The molecule has 0 bridgehead atoms. The summed E-state index contributed by atoms with van der Waals surface area (Å²) in [6.45, 7) is 1.10. The average Bonchev–Trinajstić information content (AvgIpc) is 3.26. The summed E-state index contributed by atoms with van der Waals surface area (Å²) in [6, 6.07) is 4.73. The molecule has 36 heavy (non-hydrogen) atoms. The van der Waals surface area contributed by atoms with Crippen LogP contribution in [-0.2, 0) is 17.1 Å². The van der Waals surface area contributed by atoms with Crippen LogP contribution < -0.4 is 5.32 Å². The number of carbonyl (C=O) groups excluding carboxylic acids is 1. The second kappa shape index (κ2) is 11.0. The van der Waals surface area contributed by atoms with Crippen molar-refractivity contribution in [3.63, 3.8) is 0 Å². The number of amides is 1. The third-order valence-corrected chi connectivity index (χ3v) is 9.17. The summed E-state index contributed by atoms with van der Waals surface area (Å²) in [7, 11) is -2.23. The minimum absolute atomic E-state index is 0. The predicted molar refractivity (Wildman–Crippen MR) is 134 cm³/mol. The Morgan fingerprint density at radius 2 is 1.67 bits per heavy atom. The van der Waals surface area contributed by atoms with E-state index in [2.05, 4.69) is 15.6 Å². The van der Waals surface area contributed by atoms with Crippen molar-refractivity contribution in [1.29, 1.82) is 0 Å². The van der Waals surface area contributed by atoms with Crippen LogP contribution in [0.3, 0.4) is 0 Å². The van der Waals surface area contributed by atoms with Gasteiger partial charge in [-0.1, -0.05) is 34.5 Å². The lowest BCUT2D eigenvalue weighted by atomic mass is 9.78. The fourth-order valence-corrected chi connectivity index (χ4v) is 6.62. The van der Waals surface area contributed by atoms with Gasteiger partial charge in [-0.05, 0) is 25.0 Å². The van der Waals surface area contributed by atoms with Gasteiger partial charge in [0.15, 0.2) is 0 Å². The minimum Gasteiger partial charge on any atom is -0.350 e. The number of aromatic nitrogens is 3. The van der Waals surface area contributed by atoms with Crippen LogP contribution in [0.5, 0.6) is 0 Å². The van der Waals surface area contributed by atoms with Crippen molar-refractivity contribution in [1.82, 2.24) is 29.5 Å². The Bertz CT molecular complexity index is 1180. The molecular weight excluding hydrogens is 561 g/mol. The maximum Gasteiger partial charge on any atom is 0.264 e. The summed E-state index contributed by atoms with van der Waals surface area (Å²) in [6.07, 6.45) is 1.03. The molecule has 1 saturated carbocycles. The van der Waals surface area contributed by atoms with Gasteiger partial charge in [-0.3, -0.25) is 14.4 Å². The molecule has 0 spiro atoms. The molecule has 4 rings (SSSR count). The highest BCUT2D eigenvalue weighted by atomic mass is 35.5. The molecule has 0 atom stereocenters. The van der Waals surface area contributed by atoms with Gasteiger partial charge in [-0.25, -0.2) is 17.2 Å². The van der Waals surface area contributed by atoms with Gasteiger partial charge in [0.1, 0.15) is 0 Å². The standard InChI is InChI=1S/C21H26Cl2F2N6O3S.ClH/c1-29-13-17(27-28-29)35(33,34)31-11-9-30(10-12-31)20(5-7-21(24,25)8-6-20)14-26-19(32)18-15(22)3-2-4-16(18)23;/h2-4,13H,5-12,14H2,1H3,(H,26,32);1H. The Hall–Kier alpha value is -1.57. The lowest BCUT2D eigenvalue weighted by Gasteiger charge is -2.50. The molecule has 1 aromatic carbocycles. The molecule has 2 heterocycles. The van der Waals surface area contributed by atoms with E-state index in [4.69, 9.17) is 23.2 Å². The lowest BCUT2D eigenvalue weighted by Crippen LogP contribution is -2.63. The molecule has 1 aromatic heterocycles. The van der Waals surface area contributed by atoms with E-state index in [9.17, 15) is 22.0 Å². The zero-order valence-electron chi connectivity index (χ0n) is 19.5. The highest BCUT2D eigenvalue weighted by Crippen LogP contribution is 2.42. The SMILES string of the molecule is Cl.Cn1cc(S(=O)(=O)N2CCN(C3(CNC(=O)c4c(Cl)cccc4Cl)CCC(F)(F)CC3)CC2)nn1. The second-order valence-corrected chi connectivity index (χ2v) is 11.7. The van der Waals surface area contributed by atoms with E-state index in [1.54, 1.807) is 25.2 Å². The normalized spacial score (nSPS) is 20.5. The highest BCUT2D eigenvalue weighted by molar-refractivity contribution is 7.89. The van der Waals surface area contributed by atoms with Crippen molar-refractivity contribution in [2.24, 2.45) is 7.05 Å². The quantitative estimate of drug-likeness (QED) is 0.557. The molecule has 2 aromatic rings. The van der Waals surface area contributed by atoms with Gasteiger partial charge in [0, 0.05) is 58.2 Å². The van der Waals surface area contributed by atoms with E-state index in [0.29, 0.717) is 13.1 Å². The molecule has 9 nitrogen and oxygen atoms in total. The van der Waals surface area contributed by atoms with E-state index >= 15 is 0 Å². The smallest absolute Gasteiger partial charge is 0.264 e. The predicted octanol–water partition coefficient (Wildman–Crippen LogP) is 3.23. The Kier molecular flexibility index (Phi) is 8.89. The number of nitrogens with zero attached hydrogens (tertiary/aromatic N) is 5. The first-order valence-electron chi connectivity index (χ1n) is 11.2. The lowest BCUT2D eigenvalue weighted by molar-refractivity contribution is -0.0856. The molecule has 200 valence electrons. The van der Waals surface area contributed by atoms with Gasteiger partial charge in [0.25, 0.3) is 15.9 Å². The van der Waals surface area contributed by atoms with E-state index in [1.165, 1.54) is 15.2 Å². The molecule has 0 unspecified atom stereocenters. The van der Waals surface area contributed by atoms with Crippen LogP contribution in [0.2, 0.25) is 10.0 Å². The number of hydrogen-bond donors (Lipinski definition) is 1. The minimum atomic E-state index is -3.81. The fraction of sp³-hybridized carbons (Fsp3) is 0.571. The number of aryl methyl sites for hydroxylation is 1. The number of carbonyl (C=O) groups is 1. The third-order valence-electron chi connectivity index (χ3n) is 6.78. The van der Waals surface area contributed by atoms with Gasteiger partial charge in [0.05, 0.1) is 21.8 Å². The molecule has 0 radical (unpaired) electrons. The number of benzene rings is 1. The molecule has 2 aliphatic rings. The maximum atomic E-state index is 14.0. The summed E-state index contributed by atoms with van der Waals surface area (Å²) < 4.78 is 56.5. The molecule has 1 saturated heterocycles. The third kappa shape index (κ3) is 5.94. The first kappa shape index (κ1) is 29.0. The Labute approximate surface area is 224 Å². The number of halogens is 5. The van der Waals surface area contributed by atoms with E-state index in [1.807, 2.05) is 4.90 Å². The fourth-order valence-electron chi connectivity index (χ4n) is 4.71. The number of hydrogen-bond acceptors (Lipinski definition) is 6. The van der Waals surface area contributed by atoms with Crippen LogP contribution in [-0.4, -0.2) is 82.7 Å². The van der Waals surface area contributed by atoms with Crippen molar-refractivity contribution in [3.05, 3.63) is 40.0 Å². The first-order valence-corrected chi connectivity index (χ1v) is 13.3. The monoisotopic (exact) mass is 586 g/mol. The number of alkyl halides is 2. The highest BCUT2D eigenvalue weighted by Gasteiger charge is 2.48. The summed E-state index contributed by atoms with van der Waals surface area (Å²) in [5, 5.41) is 10.5. The van der Waals surface area contributed by atoms with Crippen LogP contribution in [0.15, 0.2) is 29.4 Å². The molecule has 1 aliphatic heterocycles. The zero-order valence-corrected chi connectivity index (χ0v) is 22.6. The van der Waals surface area contributed by atoms with Crippen molar-refractivity contribution in [2.75, 3.05) is 32.7 Å². The van der Waals surface area contributed by atoms with Crippen LogP contribution in [0.25, 0.3) is 0 Å². The largest absolute Gasteiger partial charge is 0.350 e. The molecule has 1 aliphatic carbocycles. The Morgan fingerprint density at radius 3 is 2.19 bits per heavy atom. The number of piperazine rings is 1. The van der Waals surface area contributed by atoms with Gasteiger partial charge >= 0.3 is 0 Å². The second-order valence-electron chi connectivity index (χ2n) is 8.98. The van der Waals surface area contributed by atoms with Crippen LogP contribution in [0.1, 0.15) is 36.0 Å². The van der Waals surface area contributed by atoms with Crippen molar-refractivity contribution in [2.45, 2.75) is 42.2 Å². The average molecular weight is 588 g/mol. The zero-order chi connectivity index (χ0) is 25.4. The summed E-state index contributed by atoms with van der Waals surface area (Å²) in [5.41, 5.74) is -0.611. The summed E-state index contributed by atoms with van der Waals surface area (Å²) in [4.78, 5) is 14.9. The van der Waals surface area contributed by atoms with E-state index in [-0.39, 0.29) is 78.4 Å². The maximum absolute atomic E-state index is 14.0. The van der Waals surface area contributed by atoms with Crippen molar-refractivity contribution < 1.29 is 22.0 Å². The van der Waals surface area contributed by atoms with Crippen molar-refractivity contribution in [3.8, 4) is 0 Å². The molecule has 1 N–H and O–H groups in total. The Balaban J connectivity index is 0.00000361. The molecular formula is C21H27Cl3F2N6O3S. The van der Waals surface area contributed by atoms with Gasteiger partial charge in [0.2, 0.25) is 10.9 Å². The Morgan fingerprint density at radius 1 is 1.08 bits per heavy atom. The number of nitrogens with one attached hydrogen (secondary N) is 1. The van der Waals surface area contributed by atoms with Gasteiger partial charge in [-0.2, -0.15) is 4.31 Å². The van der Waals surface area contributed by atoms with Crippen LogP contribution >= 0.6 is 35.6 Å². The number of rotatable bonds is 6. The molecule has 2 fully saturated rings. The van der Waals surface area contributed by atoms with Crippen LogP contribution in [0.4, 0.5) is 8.78 Å².